The first-order valence-corrected chi connectivity index (χ1v) is 13.7. The Morgan fingerprint density at radius 1 is 0.889 bits per heavy atom. The Morgan fingerprint density at radius 2 is 1.64 bits per heavy atom. The van der Waals surface area contributed by atoms with Crippen LogP contribution >= 0.6 is 0 Å². The fraction of sp³-hybridized carbons (Fsp3) is 0.382. The lowest BCUT2D eigenvalue weighted by Gasteiger charge is -2.39. The SMILES string of the molecule is CCCCC1(CCCC)CCc2c(ccc3c2c(OCc2ccc(C#N)cc2)cc2ccccc23)C1. The molecule has 0 unspecified atom stereocenters. The molecule has 2 nitrogen and oxygen atoms in total. The average Bonchev–Trinajstić information content (AvgIpc) is 2.93. The summed E-state index contributed by atoms with van der Waals surface area (Å²) in [6.45, 7) is 5.14. The second-order valence-electron chi connectivity index (χ2n) is 10.7. The van der Waals surface area contributed by atoms with Crippen LogP contribution in [0.4, 0.5) is 0 Å². The van der Waals surface area contributed by atoms with Crippen molar-refractivity contribution in [3.63, 3.8) is 0 Å². The van der Waals surface area contributed by atoms with Crippen molar-refractivity contribution in [1.29, 1.82) is 5.26 Å². The predicted molar refractivity (Wildman–Crippen MR) is 150 cm³/mol. The monoisotopic (exact) mass is 475 g/mol. The van der Waals surface area contributed by atoms with Crippen molar-refractivity contribution in [2.75, 3.05) is 0 Å². The molecule has 0 N–H and O–H groups in total. The molecular formula is C34H37NO. The Morgan fingerprint density at radius 3 is 2.36 bits per heavy atom. The van der Waals surface area contributed by atoms with Crippen molar-refractivity contribution in [2.45, 2.75) is 78.2 Å². The molecule has 4 aromatic carbocycles. The van der Waals surface area contributed by atoms with E-state index in [1.165, 1.54) is 84.0 Å². The van der Waals surface area contributed by atoms with Gasteiger partial charge in [-0.2, -0.15) is 5.26 Å². The summed E-state index contributed by atoms with van der Waals surface area (Å²) in [5.41, 5.74) is 5.24. The lowest BCUT2D eigenvalue weighted by Crippen LogP contribution is -2.29. The van der Waals surface area contributed by atoms with Crippen LogP contribution in [0.15, 0.2) is 66.7 Å². The van der Waals surface area contributed by atoms with Gasteiger partial charge in [-0.3, -0.25) is 0 Å². The number of hydrogen-bond acceptors (Lipinski definition) is 2. The molecule has 0 radical (unpaired) electrons. The molecule has 0 aromatic heterocycles. The van der Waals surface area contributed by atoms with E-state index in [0.717, 1.165) is 17.7 Å². The molecule has 1 aliphatic carbocycles. The van der Waals surface area contributed by atoms with Crippen molar-refractivity contribution in [3.8, 4) is 11.8 Å². The summed E-state index contributed by atoms with van der Waals surface area (Å²) in [5, 5.41) is 14.2. The van der Waals surface area contributed by atoms with Gasteiger partial charge >= 0.3 is 0 Å². The molecule has 0 fully saturated rings. The van der Waals surface area contributed by atoms with Crippen LogP contribution in [0.1, 0.15) is 81.0 Å². The Labute approximate surface area is 215 Å². The van der Waals surface area contributed by atoms with Crippen LogP contribution in [0.3, 0.4) is 0 Å². The number of nitriles is 1. The normalized spacial score (nSPS) is 14.5. The van der Waals surface area contributed by atoms with E-state index in [0.29, 0.717) is 17.6 Å². The highest BCUT2D eigenvalue weighted by Gasteiger charge is 2.34. The molecule has 0 spiro atoms. The summed E-state index contributed by atoms with van der Waals surface area (Å²) in [6.07, 6.45) is 11.5. The first-order chi connectivity index (χ1) is 17.7. The topological polar surface area (TPSA) is 33.0 Å². The fourth-order valence-corrected chi connectivity index (χ4v) is 6.22. The molecule has 2 heteroatoms. The van der Waals surface area contributed by atoms with E-state index < -0.39 is 0 Å². The van der Waals surface area contributed by atoms with Crippen LogP contribution in [0.5, 0.6) is 5.75 Å². The van der Waals surface area contributed by atoms with Crippen molar-refractivity contribution >= 4 is 21.5 Å². The van der Waals surface area contributed by atoms with Gasteiger partial charge in [0.1, 0.15) is 12.4 Å². The van der Waals surface area contributed by atoms with Crippen LogP contribution in [0.2, 0.25) is 0 Å². The number of benzene rings is 4. The summed E-state index contributed by atoms with van der Waals surface area (Å²) < 4.78 is 6.55. The standard InChI is InChI=1S/C34H37NO/c1-3-5-18-34(19-6-4-2)20-17-30-28(22-34)15-16-31-29-10-8-7-9-27(29)21-32(33(30)31)36-24-26-13-11-25(23-35)12-14-26/h7-16,21H,3-6,17-20,22,24H2,1-2H3. The summed E-state index contributed by atoms with van der Waals surface area (Å²) in [5.74, 6) is 0.986. The van der Waals surface area contributed by atoms with Gasteiger partial charge in [-0.25, -0.2) is 0 Å². The summed E-state index contributed by atoms with van der Waals surface area (Å²) in [7, 11) is 0. The van der Waals surface area contributed by atoms with Crippen LogP contribution in [0, 0.1) is 16.7 Å². The molecule has 1 aliphatic rings. The smallest absolute Gasteiger partial charge is 0.128 e. The molecule has 0 saturated heterocycles. The number of nitrogens with zero attached hydrogens (tertiary/aromatic N) is 1. The molecule has 0 atom stereocenters. The van der Waals surface area contributed by atoms with Gasteiger partial charge in [-0.1, -0.05) is 88.1 Å². The fourth-order valence-electron chi connectivity index (χ4n) is 6.22. The Kier molecular flexibility index (Phi) is 7.28. The zero-order valence-electron chi connectivity index (χ0n) is 21.8. The van der Waals surface area contributed by atoms with Crippen molar-refractivity contribution in [3.05, 3.63) is 89.0 Å². The zero-order chi connectivity index (χ0) is 25.0. The minimum Gasteiger partial charge on any atom is -0.488 e. The Balaban J connectivity index is 1.56. The highest BCUT2D eigenvalue weighted by molar-refractivity contribution is 6.11. The maximum absolute atomic E-state index is 9.12. The van der Waals surface area contributed by atoms with Gasteiger partial charge in [0.25, 0.3) is 0 Å². The molecule has 0 amide bonds. The molecule has 4 aromatic rings. The van der Waals surface area contributed by atoms with Crippen molar-refractivity contribution in [2.24, 2.45) is 5.41 Å². The van der Waals surface area contributed by atoms with Crippen molar-refractivity contribution < 1.29 is 4.74 Å². The molecule has 0 bridgehead atoms. The second-order valence-corrected chi connectivity index (χ2v) is 10.7. The van der Waals surface area contributed by atoms with Gasteiger partial charge in [0.2, 0.25) is 0 Å². The van der Waals surface area contributed by atoms with Gasteiger partial charge in [-0.05, 0) is 88.6 Å². The molecule has 0 heterocycles. The quantitative estimate of drug-likeness (QED) is 0.226. The van der Waals surface area contributed by atoms with Crippen LogP contribution in [-0.4, -0.2) is 0 Å². The van der Waals surface area contributed by atoms with E-state index in [1.807, 2.05) is 24.3 Å². The van der Waals surface area contributed by atoms with Gasteiger partial charge in [0.05, 0.1) is 11.6 Å². The number of aryl methyl sites for hydroxylation is 1. The van der Waals surface area contributed by atoms with Gasteiger partial charge in [0.15, 0.2) is 0 Å². The molecule has 5 rings (SSSR count). The maximum atomic E-state index is 9.12. The highest BCUT2D eigenvalue weighted by atomic mass is 16.5. The Bertz CT molecular complexity index is 1390. The maximum Gasteiger partial charge on any atom is 0.128 e. The van der Waals surface area contributed by atoms with Crippen LogP contribution in [-0.2, 0) is 19.4 Å². The van der Waals surface area contributed by atoms with E-state index in [4.69, 9.17) is 10.00 Å². The molecule has 0 aliphatic heterocycles. The third-order valence-corrected chi connectivity index (χ3v) is 8.26. The third kappa shape index (κ3) is 4.85. The lowest BCUT2D eigenvalue weighted by atomic mass is 9.65. The lowest BCUT2D eigenvalue weighted by molar-refractivity contribution is 0.193. The average molecular weight is 476 g/mol. The Hall–Kier alpha value is -3.31. The largest absolute Gasteiger partial charge is 0.488 e. The zero-order valence-corrected chi connectivity index (χ0v) is 21.8. The summed E-state index contributed by atoms with van der Waals surface area (Å²) in [6, 6.07) is 25.6. The molecule has 36 heavy (non-hydrogen) atoms. The first-order valence-electron chi connectivity index (χ1n) is 13.7. The highest BCUT2D eigenvalue weighted by Crippen LogP contribution is 2.47. The minimum absolute atomic E-state index is 0.451. The van der Waals surface area contributed by atoms with E-state index >= 15 is 0 Å². The molecular weight excluding hydrogens is 438 g/mol. The second kappa shape index (κ2) is 10.8. The number of hydrogen-bond donors (Lipinski definition) is 0. The number of fused-ring (bicyclic) bond motifs is 5. The van der Waals surface area contributed by atoms with Gasteiger partial charge in [0, 0.05) is 5.39 Å². The minimum atomic E-state index is 0.451. The third-order valence-electron chi connectivity index (χ3n) is 8.26. The van der Waals surface area contributed by atoms with E-state index in [9.17, 15) is 0 Å². The van der Waals surface area contributed by atoms with E-state index in [1.54, 1.807) is 0 Å². The number of rotatable bonds is 9. The van der Waals surface area contributed by atoms with Crippen molar-refractivity contribution in [1.82, 2.24) is 0 Å². The molecule has 184 valence electrons. The number of unbranched alkanes of at least 4 members (excludes halogenated alkanes) is 2. The van der Waals surface area contributed by atoms with Crippen LogP contribution in [0.25, 0.3) is 21.5 Å². The van der Waals surface area contributed by atoms with Gasteiger partial charge in [-0.15, -0.1) is 0 Å². The van der Waals surface area contributed by atoms with Crippen LogP contribution < -0.4 is 4.74 Å². The first kappa shape index (κ1) is 24.4. The summed E-state index contributed by atoms with van der Waals surface area (Å²) in [4.78, 5) is 0. The van der Waals surface area contributed by atoms with Gasteiger partial charge < -0.3 is 4.74 Å². The summed E-state index contributed by atoms with van der Waals surface area (Å²) >= 11 is 0. The van der Waals surface area contributed by atoms with E-state index in [2.05, 4.69) is 62.4 Å². The van der Waals surface area contributed by atoms with E-state index in [-0.39, 0.29) is 0 Å². The predicted octanol–water partition coefficient (Wildman–Crippen LogP) is 9.30. The number of ether oxygens (including phenoxy) is 1. The molecule has 0 saturated carbocycles.